The maximum Gasteiger partial charge on any atom is 0.134 e. The van der Waals surface area contributed by atoms with Crippen LogP contribution in [0.5, 0.6) is 0 Å². The van der Waals surface area contributed by atoms with Crippen molar-refractivity contribution in [3.05, 3.63) is 76.7 Å². The number of aromatic nitrogens is 2. The van der Waals surface area contributed by atoms with Gasteiger partial charge in [-0.3, -0.25) is 0 Å². The smallest absolute Gasteiger partial charge is 0.134 e. The first-order valence-corrected chi connectivity index (χ1v) is 8.42. The molecule has 1 N–H and O–H groups in total. The Hall–Kier alpha value is -3.16. The molecule has 0 saturated heterocycles. The Labute approximate surface area is 143 Å². The molecular weight excluding hydrogens is 314 g/mol. The second kappa shape index (κ2) is 6.15. The normalized spacial score (nSPS) is 11.5. The van der Waals surface area contributed by atoms with Crippen molar-refractivity contribution >= 4 is 33.9 Å². The SMILES string of the molecule is N#C/C(=C/c1c[nH]c2ccccc12)c1nc(-c2ccccc2)cs1. The summed E-state index contributed by atoms with van der Waals surface area (Å²) in [6.07, 6.45) is 3.82. The van der Waals surface area contributed by atoms with Crippen molar-refractivity contribution in [2.45, 2.75) is 0 Å². The van der Waals surface area contributed by atoms with Gasteiger partial charge in [0, 0.05) is 33.6 Å². The Kier molecular flexibility index (Phi) is 3.70. The number of aromatic amines is 1. The lowest BCUT2D eigenvalue weighted by Crippen LogP contribution is -1.82. The molecule has 3 nitrogen and oxygen atoms in total. The van der Waals surface area contributed by atoms with Crippen molar-refractivity contribution < 1.29 is 0 Å². The second-order valence-corrected chi connectivity index (χ2v) is 6.22. The van der Waals surface area contributed by atoms with Gasteiger partial charge < -0.3 is 4.98 Å². The first-order valence-electron chi connectivity index (χ1n) is 7.54. The molecule has 0 spiro atoms. The standard InChI is InChI=1S/C20H13N3S/c21-11-15(10-16-12-22-18-9-5-4-8-17(16)18)20-23-19(13-24-20)14-6-2-1-3-7-14/h1-10,12-13,22H/b15-10-. The van der Waals surface area contributed by atoms with Crippen molar-refractivity contribution in [3.63, 3.8) is 0 Å². The highest BCUT2D eigenvalue weighted by Crippen LogP contribution is 2.28. The van der Waals surface area contributed by atoms with E-state index in [-0.39, 0.29) is 0 Å². The first-order chi connectivity index (χ1) is 11.8. The number of thiazole rings is 1. The fourth-order valence-electron chi connectivity index (χ4n) is 2.65. The zero-order valence-electron chi connectivity index (χ0n) is 12.7. The average Bonchev–Trinajstić information content (AvgIpc) is 3.28. The number of hydrogen-bond donors (Lipinski definition) is 1. The summed E-state index contributed by atoms with van der Waals surface area (Å²) in [4.78, 5) is 7.86. The molecule has 2 aromatic carbocycles. The number of nitriles is 1. The zero-order chi connectivity index (χ0) is 16.4. The second-order valence-electron chi connectivity index (χ2n) is 5.36. The molecule has 4 rings (SSSR count). The topological polar surface area (TPSA) is 52.5 Å². The van der Waals surface area contributed by atoms with Crippen LogP contribution in [0.3, 0.4) is 0 Å². The van der Waals surface area contributed by atoms with Crippen LogP contribution >= 0.6 is 11.3 Å². The molecule has 2 aromatic heterocycles. The molecule has 2 heterocycles. The molecule has 0 bridgehead atoms. The Morgan fingerprint density at radius 3 is 2.71 bits per heavy atom. The molecule has 114 valence electrons. The highest BCUT2D eigenvalue weighted by Gasteiger charge is 2.10. The van der Waals surface area contributed by atoms with E-state index in [1.54, 1.807) is 0 Å². The van der Waals surface area contributed by atoms with Crippen LogP contribution in [0.25, 0.3) is 33.8 Å². The summed E-state index contributed by atoms with van der Waals surface area (Å²) >= 11 is 1.49. The minimum Gasteiger partial charge on any atom is -0.361 e. The molecule has 0 aliphatic heterocycles. The van der Waals surface area contributed by atoms with Gasteiger partial charge >= 0.3 is 0 Å². The quantitative estimate of drug-likeness (QED) is 0.515. The van der Waals surface area contributed by atoms with Crippen LogP contribution in [-0.4, -0.2) is 9.97 Å². The van der Waals surface area contributed by atoms with Crippen molar-refractivity contribution in [1.29, 1.82) is 5.26 Å². The molecule has 0 radical (unpaired) electrons. The van der Waals surface area contributed by atoms with E-state index in [2.05, 4.69) is 16.0 Å². The van der Waals surface area contributed by atoms with Gasteiger partial charge in [-0.2, -0.15) is 5.26 Å². The number of para-hydroxylation sites is 1. The maximum atomic E-state index is 9.57. The highest BCUT2D eigenvalue weighted by molar-refractivity contribution is 7.11. The van der Waals surface area contributed by atoms with Crippen molar-refractivity contribution in [2.24, 2.45) is 0 Å². The lowest BCUT2D eigenvalue weighted by molar-refractivity contribution is 1.37. The van der Waals surface area contributed by atoms with Gasteiger partial charge in [-0.1, -0.05) is 48.5 Å². The summed E-state index contributed by atoms with van der Waals surface area (Å²) in [7, 11) is 0. The van der Waals surface area contributed by atoms with Gasteiger partial charge in [0.05, 0.1) is 11.3 Å². The minimum absolute atomic E-state index is 0.576. The average molecular weight is 327 g/mol. The molecule has 4 aromatic rings. The summed E-state index contributed by atoms with van der Waals surface area (Å²) in [5, 5.41) is 13.4. The fourth-order valence-corrected chi connectivity index (χ4v) is 3.44. The number of nitrogens with zero attached hydrogens (tertiary/aromatic N) is 2. The summed E-state index contributed by atoms with van der Waals surface area (Å²) < 4.78 is 0. The van der Waals surface area contributed by atoms with Gasteiger partial charge in [0.25, 0.3) is 0 Å². The molecular formula is C20H13N3S. The lowest BCUT2D eigenvalue weighted by atomic mass is 10.1. The van der Waals surface area contributed by atoms with Crippen LogP contribution in [0.4, 0.5) is 0 Å². The number of fused-ring (bicyclic) bond motifs is 1. The van der Waals surface area contributed by atoms with E-state index >= 15 is 0 Å². The molecule has 0 fully saturated rings. The van der Waals surface area contributed by atoms with Gasteiger partial charge in [0.2, 0.25) is 0 Å². The largest absolute Gasteiger partial charge is 0.361 e. The predicted octanol–water partition coefficient (Wildman–Crippen LogP) is 5.36. The molecule has 24 heavy (non-hydrogen) atoms. The van der Waals surface area contributed by atoms with E-state index in [0.717, 1.165) is 32.7 Å². The summed E-state index contributed by atoms with van der Waals surface area (Å²) in [6, 6.07) is 20.3. The minimum atomic E-state index is 0.576. The van der Waals surface area contributed by atoms with Crippen LogP contribution < -0.4 is 0 Å². The van der Waals surface area contributed by atoms with Gasteiger partial charge in [-0.25, -0.2) is 4.98 Å². The lowest BCUT2D eigenvalue weighted by Gasteiger charge is -1.96. The predicted molar refractivity (Wildman–Crippen MR) is 99.3 cm³/mol. The highest BCUT2D eigenvalue weighted by atomic mass is 32.1. The summed E-state index contributed by atoms with van der Waals surface area (Å²) in [5.41, 5.74) is 4.59. The van der Waals surface area contributed by atoms with Crippen LogP contribution in [0, 0.1) is 11.3 Å². The van der Waals surface area contributed by atoms with E-state index in [0.29, 0.717) is 5.57 Å². The number of nitrogens with one attached hydrogen (secondary N) is 1. The number of allylic oxidation sites excluding steroid dienone is 1. The van der Waals surface area contributed by atoms with Crippen LogP contribution in [-0.2, 0) is 0 Å². The Balaban J connectivity index is 1.74. The van der Waals surface area contributed by atoms with Crippen LogP contribution in [0.15, 0.2) is 66.2 Å². The van der Waals surface area contributed by atoms with E-state index in [1.807, 2.05) is 72.3 Å². The third-order valence-electron chi connectivity index (χ3n) is 3.85. The first kappa shape index (κ1) is 14.4. The van der Waals surface area contributed by atoms with E-state index in [4.69, 9.17) is 0 Å². The monoisotopic (exact) mass is 327 g/mol. The Morgan fingerprint density at radius 2 is 1.88 bits per heavy atom. The van der Waals surface area contributed by atoms with Crippen LogP contribution in [0.2, 0.25) is 0 Å². The summed E-state index contributed by atoms with van der Waals surface area (Å²) in [6.45, 7) is 0. The summed E-state index contributed by atoms with van der Waals surface area (Å²) in [5.74, 6) is 0. The van der Waals surface area contributed by atoms with E-state index in [1.165, 1.54) is 11.3 Å². The molecule has 0 aliphatic carbocycles. The number of benzene rings is 2. The molecule has 0 amide bonds. The van der Waals surface area contributed by atoms with Crippen molar-refractivity contribution in [1.82, 2.24) is 9.97 Å². The third kappa shape index (κ3) is 2.62. The molecule has 4 heteroatoms. The molecule has 0 aliphatic rings. The van der Waals surface area contributed by atoms with Crippen molar-refractivity contribution in [3.8, 4) is 17.3 Å². The number of H-pyrrole nitrogens is 1. The molecule has 0 unspecified atom stereocenters. The van der Waals surface area contributed by atoms with Crippen LogP contribution in [0.1, 0.15) is 10.6 Å². The third-order valence-corrected chi connectivity index (χ3v) is 4.72. The Bertz CT molecular complexity index is 1060. The van der Waals surface area contributed by atoms with Crippen molar-refractivity contribution in [2.75, 3.05) is 0 Å². The van der Waals surface area contributed by atoms with Gasteiger partial charge in [0.15, 0.2) is 0 Å². The zero-order valence-corrected chi connectivity index (χ0v) is 13.5. The van der Waals surface area contributed by atoms with Gasteiger partial charge in [-0.15, -0.1) is 11.3 Å². The number of rotatable bonds is 3. The molecule has 0 atom stereocenters. The Morgan fingerprint density at radius 1 is 1.08 bits per heavy atom. The van der Waals surface area contributed by atoms with E-state index < -0.39 is 0 Å². The number of hydrogen-bond acceptors (Lipinski definition) is 3. The maximum absolute atomic E-state index is 9.57. The van der Waals surface area contributed by atoms with Gasteiger partial charge in [-0.05, 0) is 12.1 Å². The van der Waals surface area contributed by atoms with E-state index in [9.17, 15) is 5.26 Å². The molecule has 0 saturated carbocycles. The van der Waals surface area contributed by atoms with Gasteiger partial charge in [0.1, 0.15) is 11.1 Å². The fraction of sp³-hybridized carbons (Fsp3) is 0.